The highest BCUT2D eigenvalue weighted by Gasteiger charge is 2.12. The van der Waals surface area contributed by atoms with Crippen molar-refractivity contribution in [1.82, 2.24) is 5.32 Å². The minimum atomic E-state index is -1.48. The van der Waals surface area contributed by atoms with Gasteiger partial charge in [-0.1, -0.05) is 0 Å². The molecule has 1 aromatic carbocycles. The van der Waals surface area contributed by atoms with Crippen LogP contribution in [0.15, 0.2) is 24.3 Å². The first-order chi connectivity index (χ1) is 9.49. The van der Waals surface area contributed by atoms with Crippen molar-refractivity contribution in [2.45, 2.75) is 18.9 Å². The van der Waals surface area contributed by atoms with Crippen molar-refractivity contribution in [3.63, 3.8) is 0 Å². The lowest BCUT2D eigenvalue weighted by molar-refractivity contribution is -0.147. The summed E-state index contributed by atoms with van der Waals surface area (Å²) >= 11 is 0. The van der Waals surface area contributed by atoms with E-state index in [0.29, 0.717) is 5.75 Å². The third-order valence-corrected chi connectivity index (χ3v) is 2.44. The molecule has 0 aliphatic heterocycles. The van der Waals surface area contributed by atoms with Crippen molar-refractivity contribution < 1.29 is 28.9 Å². The molecule has 1 aromatic rings. The van der Waals surface area contributed by atoms with Gasteiger partial charge in [0.2, 0.25) is 5.91 Å². The van der Waals surface area contributed by atoms with Crippen molar-refractivity contribution in [3.8, 4) is 5.75 Å². The fourth-order valence-corrected chi connectivity index (χ4v) is 1.35. The van der Waals surface area contributed by atoms with Crippen LogP contribution in [-0.2, 0) is 9.59 Å². The maximum Gasteiger partial charge on any atom is 0.332 e. The molecule has 7 heteroatoms. The Morgan fingerprint density at radius 1 is 1.30 bits per heavy atom. The minimum absolute atomic E-state index is 0.0557. The number of hydrogen-bond donors (Lipinski definition) is 3. The average molecular weight is 285 g/mol. The highest BCUT2D eigenvalue weighted by Crippen LogP contribution is 2.10. The molecule has 0 saturated carbocycles. The summed E-state index contributed by atoms with van der Waals surface area (Å²) in [6, 6.07) is 5.41. The van der Waals surface area contributed by atoms with E-state index in [2.05, 4.69) is 5.32 Å². The summed E-state index contributed by atoms with van der Waals surface area (Å²) in [6.07, 6.45) is -1.45. The molecule has 0 heterocycles. The molecule has 6 nitrogen and oxygen atoms in total. The number of carbonyl (C=O) groups is 2. The van der Waals surface area contributed by atoms with Crippen LogP contribution in [0.3, 0.4) is 0 Å². The van der Waals surface area contributed by atoms with Gasteiger partial charge in [-0.2, -0.15) is 0 Å². The summed E-state index contributed by atoms with van der Waals surface area (Å²) in [6.45, 7) is 0.196. The van der Waals surface area contributed by atoms with E-state index in [1.807, 2.05) is 0 Å². The first-order valence-corrected chi connectivity index (χ1v) is 6.05. The fraction of sp³-hybridized carbons (Fsp3) is 0.385. The molecule has 0 saturated heterocycles. The Hall–Kier alpha value is -2.15. The van der Waals surface area contributed by atoms with Crippen molar-refractivity contribution in [1.29, 1.82) is 0 Å². The van der Waals surface area contributed by atoms with E-state index in [4.69, 9.17) is 14.9 Å². The number of hydrogen-bond acceptors (Lipinski definition) is 4. The largest absolute Gasteiger partial charge is 0.493 e. The zero-order valence-electron chi connectivity index (χ0n) is 10.7. The molecule has 20 heavy (non-hydrogen) atoms. The Morgan fingerprint density at radius 2 is 1.95 bits per heavy atom. The number of nitrogens with one attached hydrogen (secondary N) is 1. The van der Waals surface area contributed by atoms with Crippen LogP contribution in [-0.4, -0.2) is 41.3 Å². The van der Waals surface area contributed by atoms with Crippen molar-refractivity contribution >= 4 is 11.9 Å². The van der Waals surface area contributed by atoms with Crippen LogP contribution in [0.1, 0.15) is 12.8 Å². The smallest absolute Gasteiger partial charge is 0.332 e. The number of carbonyl (C=O) groups excluding carboxylic acids is 1. The summed E-state index contributed by atoms with van der Waals surface area (Å²) in [5, 5.41) is 19.9. The molecule has 0 aliphatic rings. The monoisotopic (exact) mass is 285 g/mol. The Morgan fingerprint density at radius 3 is 2.55 bits per heavy atom. The molecule has 0 spiro atoms. The maximum atomic E-state index is 12.6. The second-order valence-electron chi connectivity index (χ2n) is 4.05. The minimum Gasteiger partial charge on any atom is -0.493 e. The predicted octanol–water partition coefficient (Wildman–Crippen LogP) is 0.546. The predicted molar refractivity (Wildman–Crippen MR) is 67.8 cm³/mol. The Balaban J connectivity index is 2.14. The van der Waals surface area contributed by atoms with E-state index in [1.165, 1.54) is 24.3 Å². The molecule has 3 N–H and O–H groups in total. The fourth-order valence-electron chi connectivity index (χ4n) is 1.35. The SMILES string of the molecule is O=C(CCOc1ccc(F)cc1)NCC[C@H](O)C(=O)O. The topological polar surface area (TPSA) is 95.9 Å². The van der Waals surface area contributed by atoms with Crippen LogP contribution in [0.4, 0.5) is 4.39 Å². The molecule has 0 unspecified atom stereocenters. The molecular weight excluding hydrogens is 269 g/mol. The number of halogens is 1. The number of carboxylic acid groups (broad SMARTS) is 1. The first kappa shape index (κ1) is 15.9. The van der Waals surface area contributed by atoms with Gasteiger partial charge in [0.1, 0.15) is 11.6 Å². The van der Waals surface area contributed by atoms with E-state index < -0.39 is 12.1 Å². The number of aliphatic hydroxyl groups is 1. The molecular formula is C13H16FNO5. The number of aliphatic carboxylic acids is 1. The second-order valence-corrected chi connectivity index (χ2v) is 4.05. The van der Waals surface area contributed by atoms with E-state index in [9.17, 15) is 14.0 Å². The average Bonchev–Trinajstić information content (AvgIpc) is 2.40. The maximum absolute atomic E-state index is 12.6. The lowest BCUT2D eigenvalue weighted by Gasteiger charge is -2.08. The first-order valence-electron chi connectivity index (χ1n) is 6.05. The number of aliphatic hydroxyl groups excluding tert-OH is 1. The molecule has 0 bridgehead atoms. The number of ether oxygens (including phenoxy) is 1. The molecule has 1 rings (SSSR count). The summed E-state index contributed by atoms with van der Waals surface area (Å²) in [5.74, 6) is -1.55. The van der Waals surface area contributed by atoms with Gasteiger partial charge in [-0.05, 0) is 24.3 Å². The van der Waals surface area contributed by atoms with Crippen LogP contribution in [0.25, 0.3) is 0 Å². The zero-order chi connectivity index (χ0) is 15.0. The Labute approximate surface area is 115 Å². The molecule has 0 fully saturated rings. The third-order valence-electron chi connectivity index (χ3n) is 2.44. The molecule has 1 atom stereocenters. The van der Waals surface area contributed by atoms with Gasteiger partial charge in [-0.15, -0.1) is 0 Å². The molecule has 110 valence electrons. The van der Waals surface area contributed by atoms with Crippen LogP contribution in [0, 0.1) is 5.82 Å². The van der Waals surface area contributed by atoms with Gasteiger partial charge < -0.3 is 20.3 Å². The van der Waals surface area contributed by atoms with E-state index in [-0.39, 0.29) is 37.7 Å². The highest BCUT2D eigenvalue weighted by atomic mass is 19.1. The van der Waals surface area contributed by atoms with Crippen LogP contribution in [0.2, 0.25) is 0 Å². The number of benzene rings is 1. The second kappa shape index (κ2) is 8.11. The number of carboxylic acids is 1. The molecule has 1 amide bonds. The summed E-state index contributed by atoms with van der Waals surface area (Å²) in [7, 11) is 0. The standard InChI is InChI=1S/C13H16FNO5/c14-9-1-3-10(4-2-9)20-8-6-12(17)15-7-5-11(16)13(18)19/h1-4,11,16H,5-8H2,(H,15,17)(H,18,19)/t11-/m0/s1. The lowest BCUT2D eigenvalue weighted by atomic mass is 10.2. The van der Waals surface area contributed by atoms with Crippen molar-refractivity contribution in [2.75, 3.05) is 13.2 Å². The molecule has 0 radical (unpaired) electrons. The summed E-state index contributed by atoms with van der Waals surface area (Å²) in [4.78, 5) is 21.7. The normalized spacial score (nSPS) is 11.7. The molecule has 0 aliphatic carbocycles. The van der Waals surface area contributed by atoms with Gasteiger partial charge >= 0.3 is 5.97 Å². The lowest BCUT2D eigenvalue weighted by Crippen LogP contribution is -2.30. The van der Waals surface area contributed by atoms with Crippen molar-refractivity contribution in [2.24, 2.45) is 0 Å². The van der Waals surface area contributed by atoms with Gasteiger partial charge in [0.25, 0.3) is 0 Å². The Kier molecular flexibility index (Phi) is 6.45. The van der Waals surface area contributed by atoms with Gasteiger partial charge in [0.05, 0.1) is 13.0 Å². The van der Waals surface area contributed by atoms with Crippen LogP contribution >= 0.6 is 0 Å². The van der Waals surface area contributed by atoms with Crippen molar-refractivity contribution in [3.05, 3.63) is 30.1 Å². The van der Waals surface area contributed by atoms with Gasteiger partial charge in [0.15, 0.2) is 6.10 Å². The number of rotatable bonds is 8. The van der Waals surface area contributed by atoms with E-state index >= 15 is 0 Å². The summed E-state index contributed by atoms with van der Waals surface area (Å²) in [5.41, 5.74) is 0. The van der Waals surface area contributed by atoms with E-state index in [1.54, 1.807) is 0 Å². The highest BCUT2D eigenvalue weighted by molar-refractivity contribution is 5.76. The number of amides is 1. The van der Waals surface area contributed by atoms with E-state index in [0.717, 1.165) is 0 Å². The van der Waals surface area contributed by atoms with Gasteiger partial charge in [-0.3, -0.25) is 4.79 Å². The van der Waals surface area contributed by atoms with Crippen LogP contribution in [0.5, 0.6) is 5.75 Å². The summed E-state index contributed by atoms with van der Waals surface area (Å²) < 4.78 is 17.8. The zero-order valence-corrected chi connectivity index (χ0v) is 10.7. The molecule has 0 aromatic heterocycles. The van der Waals surface area contributed by atoms with Gasteiger partial charge in [0, 0.05) is 13.0 Å². The van der Waals surface area contributed by atoms with Crippen LogP contribution < -0.4 is 10.1 Å². The quantitative estimate of drug-likeness (QED) is 0.648. The Bertz CT molecular complexity index is 449. The third kappa shape index (κ3) is 6.14. The van der Waals surface area contributed by atoms with Gasteiger partial charge in [-0.25, -0.2) is 9.18 Å².